The van der Waals surface area contributed by atoms with Crippen LogP contribution in [-0.2, 0) is 21.0 Å². The number of fused-ring (bicyclic) bond motifs is 2. The first-order valence-corrected chi connectivity index (χ1v) is 21.2. The molecule has 3 aromatic rings. The summed E-state index contributed by atoms with van der Waals surface area (Å²) in [6.45, 7) is 4.32. The van der Waals surface area contributed by atoms with Crippen LogP contribution in [0.25, 0.3) is 0 Å². The number of aldehydes is 1. The van der Waals surface area contributed by atoms with E-state index in [0.717, 1.165) is 55.9 Å². The number of non-ortho nitro benzene ring substituents is 1. The number of methoxy groups -OCH3 is 1. The third-order valence-corrected chi connectivity index (χ3v) is 12.5. The number of nitro benzene ring substituents is 1. The molecule has 3 aliphatic carbocycles. The van der Waals surface area contributed by atoms with Crippen molar-refractivity contribution in [1.29, 1.82) is 0 Å². The Balaban J connectivity index is 1.38. The molecule has 2 N–H and O–H groups in total. The molecule has 2 saturated carbocycles. The van der Waals surface area contributed by atoms with Crippen LogP contribution in [0.1, 0.15) is 85.2 Å². The maximum Gasteiger partial charge on any atom is 0.269 e. The number of ether oxygens (including phenoxy) is 4. The summed E-state index contributed by atoms with van der Waals surface area (Å²) >= 11 is 0. The number of nitrogens with zero attached hydrogens (tertiary/aromatic N) is 3. The molecule has 0 saturated heterocycles. The minimum absolute atomic E-state index is 0.00576. The standard InChI is InChI=1S/C47H55N3O11/c1-4-23-58-47-43(49(2)46(54)31-13-14-31)27-40(48-59-29-30-11-15-34(16-12-30)50(55)56)38-25-32(9-5-7-21-51)37(10-6-8-22-52)44(45(38)47)39-26-36(18-20-42(39)61-47)60-35-17-19-41(57-3)33(24-35)28-53/h4,11-12,15-20,24-26,28,31-32,37,43-45,51-52H,1,5-10,13-14,21-23,27,29H2,2-3H3. The van der Waals surface area contributed by atoms with E-state index in [0.29, 0.717) is 52.7 Å². The molecule has 7 rings (SSSR count). The maximum absolute atomic E-state index is 14.1. The van der Waals surface area contributed by atoms with Crippen molar-refractivity contribution < 1.29 is 48.5 Å². The molecule has 324 valence electrons. The molecule has 0 aromatic heterocycles. The molecule has 14 heteroatoms. The maximum atomic E-state index is 14.1. The number of rotatable bonds is 21. The quantitative estimate of drug-likeness (QED) is 0.0350. The number of oxime groups is 1. The Morgan fingerprint density at radius 1 is 1.03 bits per heavy atom. The summed E-state index contributed by atoms with van der Waals surface area (Å²) in [5.74, 6) is -0.184. The molecule has 1 amide bonds. The number of unbranched alkanes of at least 4 members (excludes halogenated alkanes) is 2. The number of carbonyl (C=O) groups excluding carboxylic acids is 2. The zero-order valence-corrected chi connectivity index (χ0v) is 34.8. The highest BCUT2D eigenvalue weighted by molar-refractivity contribution is 6.03. The lowest BCUT2D eigenvalue weighted by molar-refractivity contribution is -0.384. The summed E-state index contributed by atoms with van der Waals surface area (Å²) in [5, 5.41) is 35.9. The Morgan fingerprint density at radius 2 is 1.75 bits per heavy atom. The summed E-state index contributed by atoms with van der Waals surface area (Å²) in [7, 11) is 3.31. The lowest BCUT2D eigenvalue weighted by atomic mass is 9.55. The number of aliphatic hydroxyl groups is 2. The van der Waals surface area contributed by atoms with Gasteiger partial charge in [-0.25, -0.2) is 0 Å². The van der Waals surface area contributed by atoms with Gasteiger partial charge in [0.2, 0.25) is 11.7 Å². The monoisotopic (exact) mass is 837 g/mol. The predicted octanol–water partition coefficient (Wildman–Crippen LogP) is 7.91. The Morgan fingerprint density at radius 3 is 2.43 bits per heavy atom. The van der Waals surface area contributed by atoms with Crippen molar-refractivity contribution in [2.45, 2.75) is 82.1 Å². The van der Waals surface area contributed by atoms with Gasteiger partial charge in [0.1, 0.15) is 35.6 Å². The van der Waals surface area contributed by atoms with Gasteiger partial charge < -0.3 is 38.9 Å². The highest BCUT2D eigenvalue weighted by Crippen LogP contribution is 2.62. The Labute approximate surface area is 355 Å². The van der Waals surface area contributed by atoms with Gasteiger partial charge in [0.15, 0.2) is 6.29 Å². The summed E-state index contributed by atoms with van der Waals surface area (Å²) in [6.07, 6.45) is 10.9. The van der Waals surface area contributed by atoms with Crippen LogP contribution in [0.2, 0.25) is 0 Å². The van der Waals surface area contributed by atoms with Crippen LogP contribution in [0.4, 0.5) is 5.69 Å². The van der Waals surface area contributed by atoms with Crippen molar-refractivity contribution in [2.24, 2.45) is 28.8 Å². The normalized spacial score (nSPS) is 24.4. The number of carbonyl (C=O) groups is 2. The number of amides is 1. The van der Waals surface area contributed by atoms with Crippen LogP contribution >= 0.6 is 0 Å². The molecule has 0 radical (unpaired) electrons. The SMILES string of the molecule is C=CCOC12Oc3ccc(Oc4ccc(OC)c(C=O)c4)cc3C3C(CCCCO)C(CCCCO)C=C(C(=NOCc4ccc([N+](=O)[O-])cc4)CC1N(C)C(=O)C1CC1)C32. The number of hydrogen-bond donors (Lipinski definition) is 2. The number of benzene rings is 3. The van der Waals surface area contributed by atoms with Gasteiger partial charge in [-0.2, -0.15) is 0 Å². The average Bonchev–Trinajstić information content (AvgIpc) is 4.13. The first-order valence-electron chi connectivity index (χ1n) is 21.2. The van der Waals surface area contributed by atoms with Crippen LogP contribution in [0.15, 0.2) is 90.1 Å². The second-order valence-electron chi connectivity index (χ2n) is 16.3. The minimum atomic E-state index is -1.38. The van der Waals surface area contributed by atoms with Crippen molar-refractivity contribution in [1.82, 2.24) is 4.90 Å². The van der Waals surface area contributed by atoms with E-state index in [4.69, 9.17) is 28.9 Å². The number of aliphatic hydroxyl groups excluding tert-OH is 2. The van der Waals surface area contributed by atoms with E-state index in [2.05, 4.69) is 12.7 Å². The fraction of sp³-hybridized carbons (Fsp3) is 0.468. The molecular weight excluding hydrogens is 783 g/mol. The van der Waals surface area contributed by atoms with Crippen LogP contribution in [0.5, 0.6) is 23.0 Å². The van der Waals surface area contributed by atoms with Gasteiger partial charge in [-0.3, -0.25) is 19.7 Å². The number of hydrogen-bond acceptors (Lipinski definition) is 12. The Bertz CT molecular complexity index is 2130. The second kappa shape index (κ2) is 19.4. The summed E-state index contributed by atoms with van der Waals surface area (Å²) in [5.41, 5.74) is 3.45. The topological polar surface area (TPSA) is 179 Å². The molecule has 2 fully saturated rings. The van der Waals surface area contributed by atoms with E-state index in [1.807, 2.05) is 18.2 Å². The number of likely N-dealkylation sites (N-methyl/N-ethyl adjacent to an activating group) is 1. The van der Waals surface area contributed by atoms with E-state index in [-0.39, 0.29) is 68.1 Å². The zero-order chi connectivity index (χ0) is 43.1. The van der Waals surface area contributed by atoms with Crippen LogP contribution in [0, 0.1) is 33.8 Å². The Hall–Kier alpha value is -5.57. The lowest BCUT2D eigenvalue weighted by Gasteiger charge is -2.59. The fourth-order valence-electron chi connectivity index (χ4n) is 9.47. The lowest BCUT2D eigenvalue weighted by Crippen LogP contribution is -2.69. The minimum Gasteiger partial charge on any atom is -0.496 e. The third kappa shape index (κ3) is 9.21. The molecule has 0 spiro atoms. The average molecular weight is 838 g/mol. The highest BCUT2D eigenvalue weighted by atomic mass is 16.7. The van der Waals surface area contributed by atoms with Gasteiger partial charge in [0, 0.05) is 56.2 Å². The number of nitro groups is 1. The van der Waals surface area contributed by atoms with Gasteiger partial charge in [0.05, 0.1) is 35.8 Å². The molecule has 3 aromatic carbocycles. The van der Waals surface area contributed by atoms with Crippen molar-refractivity contribution in [3.63, 3.8) is 0 Å². The first-order chi connectivity index (χ1) is 29.7. The molecule has 6 unspecified atom stereocenters. The van der Waals surface area contributed by atoms with Crippen molar-refractivity contribution >= 4 is 23.6 Å². The van der Waals surface area contributed by atoms with E-state index in [9.17, 15) is 29.9 Å². The molecule has 1 aliphatic heterocycles. The molecular formula is C47H55N3O11. The molecule has 4 aliphatic rings. The summed E-state index contributed by atoms with van der Waals surface area (Å²) < 4.78 is 26.0. The number of allylic oxidation sites excluding steroid dienone is 1. The highest BCUT2D eigenvalue weighted by Gasteiger charge is 2.65. The molecule has 14 nitrogen and oxygen atoms in total. The zero-order valence-electron chi connectivity index (χ0n) is 34.8. The van der Waals surface area contributed by atoms with Crippen LogP contribution in [-0.4, -0.2) is 83.7 Å². The Kier molecular flexibility index (Phi) is 13.9. The smallest absolute Gasteiger partial charge is 0.269 e. The molecule has 6 atom stereocenters. The van der Waals surface area contributed by atoms with Gasteiger partial charge in [-0.1, -0.05) is 30.1 Å². The van der Waals surface area contributed by atoms with E-state index in [1.54, 1.807) is 48.4 Å². The van der Waals surface area contributed by atoms with Crippen LogP contribution in [0.3, 0.4) is 0 Å². The van der Waals surface area contributed by atoms with E-state index in [1.165, 1.54) is 19.2 Å². The third-order valence-electron chi connectivity index (χ3n) is 12.5. The van der Waals surface area contributed by atoms with Gasteiger partial charge in [-0.05, 0) is 110 Å². The van der Waals surface area contributed by atoms with Gasteiger partial charge in [0.25, 0.3) is 5.69 Å². The summed E-state index contributed by atoms with van der Waals surface area (Å²) in [6, 6.07) is 16.2. The second-order valence-corrected chi connectivity index (χ2v) is 16.3. The van der Waals surface area contributed by atoms with E-state index < -0.39 is 22.7 Å². The molecule has 61 heavy (non-hydrogen) atoms. The largest absolute Gasteiger partial charge is 0.496 e. The predicted molar refractivity (Wildman–Crippen MR) is 227 cm³/mol. The fourth-order valence-corrected chi connectivity index (χ4v) is 9.47. The molecule has 1 heterocycles. The van der Waals surface area contributed by atoms with E-state index >= 15 is 0 Å². The van der Waals surface area contributed by atoms with Crippen molar-refractivity contribution in [3.05, 3.63) is 112 Å². The van der Waals surface area contributed by atoms with Gasteiger partial charge >= 0.3 is 0 Å². The van der Waals surface area contributed by atoms with Crippen LogP contribution < -0.4 is 14.2 Å². The molecule has 0 bridgehead atoms. The first kappa shape index (κ1) is 43.5. The van der Waals surface area contributed by atoms with Gasteiger partial charge in [-0.15, -0.1) is 6.58 Å². The summed E-state index contributed by atoms with van der Waals surface area (Å²) in [4.78, 5) is 44.7. The van der Waals surface area contributed by atoms with Crippen molar-refractivity contribution in [2.75, 3.05) is 34.0 Å². The van der Waals surface area contributed by atoms with Crippen molar-refractivity contribution in [3.8, 4) is 23.0 Å².